The van der Waals surface area contributed by atoms with Gasteiger partial charge in [0.2, 0.25) is 5.88 Å². The first-order valence-electron chi connectivity index (χ1n) is 10.4. The molecule has 0 aliphatic carbocycles. The maximum absolute atomic E-state index is 12.7. The van der Waals surface area contributed by atoms with Crippen LogP contribution in [-0.4, -0.2) is 17.6 Å². The molecule has 32 heavy (non-hydrogen) atoms. The number of nitrogens with zero attached hydrogens (tertiary/aromatic N) is 3. The second-order valence-electron chi connectivity index (χ2n) is 7.16. The van der Waals surface area contributed by atoms with E-state index in [-0.39, 0.29) is 5.91 Å². The molecule has 2 heterocycles. The van der Waals surface area contributed by atoms with Crippen molar-refractivity contribution >= 4 is 39.9 Å². The Labute approximate surface area is 191 Å². The first-order valence-corrected chi connectivity index (χ1v) is 11.2. The lowest BCUT2D eigenvalue weighted by Gasteiger charge is -2.23. The van der Waals surface area contributed by atoms with Crippen molar-refractivity contribution in [2.45, 2.75) is 6.92 Å². The van der Waals surface area contributed by atoms with Crippen molar-refractivity contribution in [1.29, 1.82) is 0 Å². The molecule has 0 saturated carbocycles. The number of fused-ring (bicyclic) bond motifs is 1. The Bertz CT molecular complexity index is 1200. The lowest BCUT2D eigenvalue weighted by molar-refractivity contribution is -0.113. The molecule has 0 bridgehead atoms. The Kier molecular flexibility index (Phi) is 5.52. The van der Waals surface area contributed by atoms with E-state index in [0.717, 1.165) is 29.4 Å². The van der Waals surface area contributed by atoms with Gasteiger partial charge in [0.1, 0.15) is 0 Å². The number of rotatable bonds is 4. The zero-order valence-electron chi connectivity index (χ0n) is 17.5. The summed E-state index contributed by atoms with van der Waals surface area (Å²) >= 11 is 1.36. The van der Waals surface area contributed by atoms with Gasteiger partial charge in [0.15, 0.2) is 10.9 Å². The van der Waals surface area contributed by atoms with Gasteiger partial charge in [-0.1, -0.05) is 48.5 Å². The summed E-state index contributed by atoms with van der Waals surface area (Å²) < 4.78 is 5.99. The van der Waals surface area contributed by atoms with Gasteiger partial charge in [-0.15, -0.1) is 0 Å². The molecule has 3 aromatic carbocycles. The lowest BCUT2D eigenvalue weighted by atomic mass is 10.2. The van der Waals surface area contributed by atoms with E-state index in [9.17, 15) is 4.79 Å². The first kappa shape index (κ1) is 20.2. The van der Waals surface area contributed by atoms with Crippen molar-refractivity contribution in [2.75, 3.05) is 16.3 Å². The monoisotopic (exact) mass is 439 g/mol. The van der Waals surface area contributed by atoms with E-state index in [1.54, 1.807) is 6.08 Å². The highest BCUT2D eigenvalue weighted by Gasteiger charge is 2.29. The highest BCUT2D eigenvalue weighted by molar-refractivity contribution is 8.18. The molecule has 1 amide bonds. The number of anilines is 3. The van der Waals surface area contributed by atoms with Crippen LogP contribution in [0.25, 0.3) is 0 Å². The van der Waals surface area contributed by atoms with Crippen LogP contribution in [0.4, 0.5) is 17.1 Å². The van der Waals surface area contributed by atoms with Crippen molar-refractivity contribution in [2.24, 2.45) is 4.99 Å². The third kappa shape index (κ3) is 3.81. The summed E-state index contributed by atoms with van der Waals surface area (Å²) in [6.45, 7) is 2.84. The van der Waals surface area contributed by atoms with Gasteiger partial charge in [-0.25, -0.2) is 0 Å². The summed E-state index contributed by atoms with van der Waals surface area (Å²) in [6.07, 6.45) is 3.64. The number of thioether (sulfide) groups is 1. The van der Waals surface area contributed by atoms with Crippen LogP contribution < -0.4 is 14.5 Å². The predicted octanol–water partition coefficient (Wildman–Crippen LogP) is 6.10. The molecule has 2 aliphatic rings. The van der Waals surface area contributed by atoms with Crippen LogP contribution in [-0.2, 0) is 4.79 Å². The number of carbonyl (C=O) groups is 1. The molecule has 0 radical (unpaired) electrons. The summed E-state index contributed by atoms with van der Waals surface area (Å²) in [5, 5.41) is 0.625. The quantitative estimate of drug-likeness (QED) is 0.460. The van der Waals surface area contributed by atoms with E-state index in [4.69, 9.17) is 4.74 Å². The van der Waals surface area contributed by atoms with Gasteiger partial charge in [-0.05, 0) is 61.2 Å². The number of hydrogen-bond donors (Lipinski definition) is 0. The molecule has 0 fully saturated rings. The van der Waals surface area contributed by atoms with Gasteiger partial charge in [0.05, 0.1) is 10.6 Å². The average Bonchev–Trinajstić information content (AvgIpc) is 3.38. The van der Waals surface area contributed by atoms with Crippen molar-refractivity contribution in [3.63, 3.8) is 0 Å². The highest BCUT2D eigenvalue weighted by atomic mass is 32.2. The molecule has 0 spiro atoms. The summed E-state index contributed by atoms with van der Waals surface area (Å²) in [7, 11) is 0. The zero-order valence-corrected chi connectivity index (χ0v) is 18.3. The molecule has 6 heteroatoms. The van der Waals surface area contributed by atoms with Crippen LogP contribution >= 0.6 is 11.8 Å². The minimum absolute atomic E-state index is 0.253. The van der Waals surface area contributed by atoms with E-state index >= 15 is 0 Å². The molecule has 0 saturated heterocycles. The minimum Gasteiger partial charge on any atom is -0.439 e. The Morgan fingerprint density at radius 3 is 2.19 bits per heavy atom. The number of carbonyl (C=O) groups excluding carboxylic acids is 1. The van der Waals surface area contributed by atoms with Crippen LogP contribution in [0.2, 0.25) is 0 Å². The number of allylic oxidation sites excluding steroid dienone is 2. The molecule has 0 unspecified atom stereocenters. The zero-order chi connectivity index (χ0) is 21.9. The topological polar surface area (TPSA) is 45.1 Å². The molecular formula is C26H21N3O2S. The number of aliphatic imine (C=N–C) groups is 1. The summed E-state index contributed by atoms with van der Waals surface area (Å²) in [4.78, 5) is 21.7. The fourth-order valence-corrected chi connectivity index (χ4v) is 4.58. The number of ether oxygens (including phenoxy) is 1. The second-order valence-corrected chi connectivity index (χ2v) is 8.17. The first-order chi connectivity index (χ1) is 15.7. The van der Waals surface area contributed by atoms with Gasteiger partial charge < -0.3 is 9.64 Å². The van der Waals surface area contributed by atoms with Crippen molar-refractivity contribution in [3.05, 3.63) is 108 Å². The third-order valence-corrected chi connectivity index (χ3v) is 6.15. The summed E-state index contributed by atoms with van der Waals surface area (Å²) in [5.41, 5.74) is 2.93. The van der Waals surface area contributed by atoms with Crippen molar-refractivity contribution in [3.8, 4) is 5.75 Å². The normalized spacial score (nSPS) is 17.5. The van der Waals surface area contributed by atoms with E-state index < -0.39 is 0 Å². The van der Waals surface area contributed by atoms with E-state index in [2.05, 4.69) is 16.8 Å². The molecule has 2 aliphatic heterocycles. The highest BCUT2D eigenvalue weighted by Crippen LogP contribution is 2.39. The Morgan fingerprint density at radius 1 is 0.906 bits per heavy atom. The van der Waals surface area contributed by atoms with E-state index in [0.29, 0.717) is 16.0 Å². The van der Waals surface area contributed by atoms with Crippen LogP contribution in [0.3, 0.4) is 0 Å². The van der Waals surface area contributed by atoms with Crippen LogP contribution in [0.1, 0.15) is 6.92 Å². The summed E-state index contributed by atoms with van der Waals surface area (Å²) in [6, 6.07) is 27.8. The standard InChI is InChI=1S/C26H21N3O2S/c1-2-28-21-15-9-10-16-22(21)31-24(28)18-17-23-25(30)27-26(32-23)29(19-11-5-3-6-12-19)20-13-7-4-8-14-20/h3-18H,2H2,1H3/b23-17-,24-18-. The molecule has 0 N–H and O–H groups in total. The fourth-order valence-electron chi connectivity index (χ4n) is 3.68. The number of hydrogen-bond acceptors (Lipinski definition) is 5. The van der Waals surface area contributed by atoms with Crippen LogP contribution in [0, 0.1) is 0 Å². The second kappa shape index (κ2) is 8.77. The molecule has 0 atom stereocenters. The van der Waals surface area contributed by atoms with Gasteiger partial charge in [0, 0.05) is 24.0 Å². The van der Waals surface area contributed by atoms with Gasteiger partial charge >= 0.3 is 0 Å². The number of amides is 1. The van der Waals surface area contributed by atoms with Crippen molar-refractivity contribution < 1.29 is 9.53 Å². The largest absolute Gasteiger partial charge is 0.439 e. The Balaban J connectivity index is 1.43. The molecule has 0 aromatic heterocycles. The number of benzene rings is 3. The van der Waals surface area contributed by atoms with E-state index in [1.807, 2.05) is 95.9 Å². The number of amidine groups is 1. The smallest absolute Gasteiger partial charge is 0.286 e. The molecule has 158 valence electrons. The number of para-hydroxylation sites is 4. The molecule has 5 nitrogen and oxygen atoms in total. The van der Waals surface area contributed by atoms with E-state index in [1.165, 1.54) is 11.8 Å². The Hall–Kier alpha value is -3.77. The summed E-state index contributed by atoms with van der Waals surface area (Å²) in [5.74, 6) is 1.27. The average molecular weight is 440 g/mol. The SMILES string of the molecule is CCN1/C(=C/C=C2\SC(N(c3ccccc3)c3ccccc3)=NC2=O)Oc2ccccc21. The molecular weight excluding hydrogens is 418 g/mol. The third-order valence-electron chi connectivity index (χ3n) is 5.16. The van der Waals surface area contributed by atoms with Gasteiger partial charge in [-0.2, -0.15) is 4.99 Å². The van der Waals surface area contributed by atoms with Gasteiger partial charge in [0.25, 0.3) is 5.91 Å². The minimum atomic E-state index is -0.253. The molecule has 5 rings (SSSR count). The molecule has 3 aromatic rings. The Morgan fingerprint density at radius 2 is 1.53 bits per heavy atom. The maximum atomic E-state index is 12.7. The van der Waals surface area contributed by atoms with Crippen LogP contribution in [0.5, 0.6) is 5.75 Å². The predicted molar refractivity (Wildman–Crippen MR) is 131 cm³/mol. The van der Waals surface area contributed by atoms with Crippen LogP contribution in [0.15, 0.2) is 113 Å². The maximum Gasteiger partial charge on any atom is 0.286 e. The fraction of sp³-hybridized carbons (Fsp3) is 0.0769. The van der Waals surface area contributed by atoms with Crippen molar-refractivity contribution in [1.82, 2.24) is 0 Å². The lowest BCUT2D eigenvalue weighted by Crippen LogP contribution is -2.21. The van der Waals surface area contributed by atoms with Gasteiger partial charge in [-0.3, -0.25) is 9.69 Å².